The molecule has 6 nitrogen and oxygen atoms in total. The Balaban J connectivity index is 0.00000368. The van der Waals surface area contributed by atoms with E-state index in [1.165, 1.54) is 0 Å². The summed E-state index contributed by atoms with van der Waals surface area (Å²) in [7, 11) is 0. The number of hydrogen-bond donors (Lipinski definition) is 2. The maximum Gasteiger partial charge on any atom is 0.131 e. The molecule has 0 unspecified atom stereocenters. The molecule has 0 spiro atoms. The molecule has 0 radical (unpaired) electrons. The van der Waals surface area contributed by atoms with Crippen LogP contribution in [0.5, 0.6) is 23.0 Å². The fourth-order valence-corrected chi connectivity index (χ4v) is 4.97. The predicted octanol–water partition coefficient (Wildman–Crippen LogP) is 8.63. The largest absolute Gasteiger partial charge is 0.507 e. The molecule has 0 saturated carbocycles. The van der Waals surface area contributed by atoms with Crippen molar-refractivity contribution in [1.82, 2.24) is 0 Å². The molecule has 0 aliphatic carbocycles. The number of aliphatic imine (C=N–C) groups is 2. The van der Waals surface area contributed by atoms with Gasteiger partial charge < -0.3 is 19.7 Å². The SMILES string of the molecule is CC1(C)C=Cc2cc(C=Nc3ccccc3-c3ccccc3N=Cc3cc4c(cc3O)OC(C)(C)C=C4)c(O)cc2O1.[Zn]. The Morgan fingerprint density at radius 3 is 1.42 bits per heavy atom. The summed E-state index contributed by atoms with van der Waals surface area (Å²) in [4.78, 5) is 9.52. The van der Waals surface area contributed by atoms with Crippen LogP contribution < -0.4 is 9.47 Å². The van der Waals surface area contributed by atoms with Crippen LogP contribution >= 0.6 is 0 Å². The van der Waals surface area contributed by atoms with Crippen LogP contribution in [0.1, 0.15) is 49.9 Å². The summed E-state index contributed by atoms with van der Waals surface area (Å²) in [5.74, 6) is 1.47. The molecule has 0 amide bonds. The van der Waals surface area contributed by atoms with Crippen LogP contribution in [0.2, 0.25) is 0 Å². The van der Waals surface area contributed by atoms with Gasteiger partial charge in [0, 0.05) is 77.4 Å². The van der Waals surface area contributed by atoms with E-state index in [1.54, 1.807) is 24.6 Å². The first-order valence-electron chi connectivity index (χ1n) is 13.8. The Bertz CT molecular complexity index is 1690. The Morgan fingerprint density at radius 1 is 0.605 bits per heavy atom. The van der Waals surface area contributed by atoms with Gasteiger partial charge in [-0.05, 0) is 64.1 Å². The van der Waals surface area contributed by atoms with Crippen LogP contribution in [-0.2, 0) is 19.5 Å². The number of aromatic hydroxyl groups is 2. The van der Waals surface area contributed by atoms with Gasteiger partial charge in [-0.25, -0.2) is 0 Å². The quantitative estimate of drug-likeness (QED) is 0.173. The zero-order valence-electron chi connectivity index (χ0n) is 24.7. The van der Waals surface area contributed by atoms with Crippen molar-refractivity contribution in [1.29, 1.82) is 0 Å². The van der Waals surface area contributed by atoms with Crippen LogP contribution in [0.25, 0.3) is 23.3 Å². The maximum absolute atomic E-state index is 10.7. The van der Waals surface area contributed by atoms with Gasteiger partial charge in [0.15, 0.2) is 0 Å². The van der Waals surface area contributed by atoms with Crippen LogP contribution in [0.15, 0.2) is 94.9 Å². The zero-order valence-corrected chi connectivity index (χ0v) is 27.7. The minimum atomic E-state index is -0.425. The summed E-state index contributed by atoms with van der Waals surface area (Å²) < 4.78 is 12.0. The smallest absolute Gasteiger partial charge is 0.131 e. The molecule has 6 rings (SSSR count). The number of ether oxygens (including phenoxy) is 2. The second-order valence-corrected chi connectivity index (χ2v) is 11.5. The zero-order chi connectivity index (χ0) is 29.5. The molecule has 0 saturated heterocycles. The van der Waals surface area contributed by atoms with Crippen molar-refractivity contribution in [2.45, 2.75) is 38.9 Å². The van der Waals surface area contributed by atoms with Gasteiger partial charge in [0.05, 0.1) is 11.4 Å². The first kappa shape index (κ1) is 30.0. The average Bonchev–Trinajstić information content (AvgIpc) is 2.95. The molecule has 4 aromatic rings. The second kappa shape index (κ2) is 11.7. The third-order valence-corrected chi connectivity index (χ3v) is 7.18. The molecule has 0 fully saturated rings. The molecule has 212 valence electrons. The van der Waals surface area contributed by atoms with Gasteiger partial charge in [0.25, 0.3) is 0 Å². The minimum Gasteiger partial charge on any atom is -0.507 e. The van der Waals surface area contributed by atoms with Crippen LogP contribution in [0.4, 0.5) is 11.4 Å². The molecule has 0 bridgehead atoms. The topological polar surface area (TPSA) is 83.6 Å². The monoisotopic (exact) mass is 620 g/mol. The third-order valence-electron chi connectivity index (χ3n) is 7.18. The first-order valence-corrected chi connectivity index (χ1v) is 13.8. The van der Waals surface area contributed by atoms with E-state index < -0.39 is 11.2 Å². The minimum absolute atomic E-state index is 0. The number of phenolic OH excluding ortho intramolecular Hbond substituents is 2. The first-order chi connectivity index (χ1) is 20.1. The Labute approximate surface area is 264 Å². The Kier molecular flexibility index (Phi) is 8.13. The van der Waals surface area contributed by atoms with E-state index in [0.29, 0.717) is 22.6 Å². The van der Waals surface area contributed by atoms with Crippen molar-refractivity contribution in [3.8, 4) is 34.1 Å². The van der Waals surface area contributed by atoms with E-state index in [9.17, 15) is 10.2 Å². The Morgan fingerprint density at radius 2 is 1.00 bits per heavy atom. The van der Waals surface area contributed by atoms with Gasteiger partial charge >= 0.3 is 0 Å². The molecule has 7 heteroatoms. The van der Waals surface area contributed by atoms with Gasteiger partial charge in [0.1, 0.15) is 34.2 Å². The number of fused-ring (bicyclic) bond motifs is 2. The van der Waals surface area contributed by atoms with Crippen molar-refractivity contribution >= 4 is 36.0 Å². The van der Waals surface area contributed by atoms with Gasteiger partial charge in [-0.1, -0.05) is 48.6 Å². The predicted molar refractivity (Wildman–Crippen MR) is 170 cm³/mol. The molecule has 0 atom stereocenters. The number of para-hydroxylation sites is 2. The van der Waals surface area contributed by atoms with Crippen LogP contribution in [-0.4, -0.2) is 33.8 Å². The summed E-state index contributed by atoms with van der Waals surface area (Å²) in [6.07, 6.45) is 11.3. The molecular formula is C36H32N2O4Zn. The molecule has 2 heterocycles. The summed E-state index contributed by atoms with van der Waals surface area (Å²) >= 11 is 0. The van der Waals surface area contributed by atoms with Gasteiger partial charge in [0.2, 0.25) is 0 Å². The number of nitrogens with zero attached hydrogens (tertiary/aromatic N) is 2. The Hall–Kier alpha value is -4.48. The standard InChI is InChI=1S/C36H32N2O4.Zn/c1-35(2)15-13-23-17-25(31(39)19-33(23)41-35)21-37-29-11-7-5-9-27(29)28-10-6-8-12-30(28)38-22-26-18-24-14-16-36(3,4)42-34(24)20-32(26)40;/h5-22,39-40H,1-4H3;. The summed E-state index contributed by atoms with van der Waals surface area (Å²) in [5.41, 5.74) is 5.33. The fraction of sp³-hybridized carbons (Fsp3) is 0.167. The van der Waals surface area contributed by atoms with E-state index in [-0.39, 0.29) is 31.0 Å². The van der Waals surface area contributed by atoms with E-state index in [4.69, 9.17) is 19.5 Å². The van der Waals surface area contributed by atoms with Crippen LogP contribution in [0.3, 0.4) is 0 Å². The number of rotatable bonds is 5. The molecule has 43 heavy (non-hydrogen) atoms. The number of hydrogen-bond acceptors (Lipinski definition) is 6. The van der Waals surface area contributed by atoms with Crippen LogP contribution in [0, 0.1) is 0 Å². The van der Waals surface area contributed by atoms with Crippen molar-refractivity contribution in [3.63, 3.8) is 0 Å². The maximum atomic E-state index is 10.7. The second-order valence-electron chi connectivity index (χ2n) is 11.5. The van der Waals surface area contributed by atoms with Gasteiger partial charge in [-0.2, -0.15) is 0 Å². The number of benzene rings is 4. The van der Waals surface area contributed by atoms with Crippen molar-refractivity contribution in [3.05, 3.63) is 107 Å². The normalized spacial score (nSPS) is 15.8. The summed E-state index contributed by atoms with van der Waals surface area (Å²) in [6, 6.07) is 22.6. The van der Waals surface area contributed by atoms with E-state index in [2.05, 4.69) is 0 Å². The van der Waals surface area contributed by atoms with E-state index in [0.717, 1.165) is 33.6 Å². The van der Waals surface area contributed by atoms with Crippen molar-refractivity contribution in [2.75, 3.05) is 0 Å². The van der Waals surface area contributed by atoms with E-state index >= 15 is 0 Å². The summed E-state index contributed by atoms with van der Waals surface area (Å²) in [6.45, 7) is 7.89. The van der Waals surface area contributed by atoms with Gasteiger partial charge in [-0.15, -0.1) is 0 Å². The summed E-state index contributed by atoms with van der Waals surface area (Å²) in [5, 5.41) is 21.4. The molecule has 4 aromatic carbocycles. The third kappa shape index (κ3) is 6.47. The van der Waals surface area contributed by atoms with Crippen molar-refractivity contribution < 1.29 is 39.2 Å². The fourth-order valence-electron chi connectivity index (χ4n) is 4.97. The van der Waals surface area contributed by atoms with Gasteiger partial charge in [-0.3, -0.25) is 9.98 Å². The van der Waals surface area contributed by atoms with Crippen molar-refractivity contribution in [2.24, 2.45) is 9.98 Å². The number of phenols is 2. The molecule has 2 aliphatic heterocycles. The van der Waals surface area contributed by atoms with E-state index in [1.807, 2.05) is 113 Å². The molecular weight excluding hydrogens is 590 g/mol. The average molecular weight is 622 g/mol. The molecule has 2 aliphatic rings. The molecule has 2 N–H and O–H groups in total. The molecule has 0 aromatic heterocycles.